The fraction of sp³-hybridized carbons (Fsp3) is 1.00. The zero-order valence-corrected chi connectivity index (χ0v) is 16.2. The minimum absolute atomic E-state index is 0.316. The molecule has 0 radical (unpaired) electrons. The van der Waals surface area contributed by atoms with Crippen LogP contribution in [0.15, 0.2) is 0 Å². The van der Waals surface area contributed by atoms with Gasteiger partial charge in [0.05, 0.1) is 0 Å². The lowest BCUT2D eigenvalue weighted by molar-refractivity contribution is -0.440. The highest BCUT2D eigenvalue weighted by Gasteiger charge is 2.90. The van der Waals surface area contributed by atoms with Crippen molar-refractivity contribution in [2.24, 2.45) is 0 Å². The van der Waals surface area contributed by atoms with E-state index in [1.165, 1.54) is 13.8 Å². The maximum atomic E-state index is 13.7. The van der Waals surface area contributed by atoms with Gasteiger partial charge in [-0.3, -0.25) is 0 Å². The van der Waals surface area contributed by atoms with Crippen LogP contribution in [0.25, 0.3) is 0 Å². The summed E-state index contributed by atoms with van der Waals surface area (Å²) < 4.78 is 178. The third-order valence-corrected chi connectivity index (χ3v) is 6.96. The van der Waals surface area contributed by atoms with Crippen molar-refractivity contribution in [3.05, 3.63) is 0 Å². The molecule has 0 aliphatic carbocycles. The van der Waals surface area contributed by atoms with Crippen molar-refractivity contribution in [3.63, 3.8) is 0 Å². The molecular weight excluding hydrogens is 487 g/mol. The van der Waals surface area contributed by atoms with Crippen LogP contribution in [0.2, 0.25) is 6.04 Å². The molecule has 0 aliphatic rings. The molecule has 0 aliphatic heterocycles. The fourth-order valence-corrected chi connectivity index (χ4v) is 4.67. The van der Waals surface area contributed by atoms with E-state index in [9.17, 15) is 57.1 Å². The molecule has 0 fully saturated rings. The fourth-order valence-electron chi connectivity index (χ4n) is 1.88. The largest absolute Gasteiger partial charge is 0.460 e. The van der Waals surface area contributed by atoms with Gasteiger partial charge in [-0.25, -0.2) is 0 Å². The molecule has 0 saturated carbocycles. The van der Waals surface area contributed by atoms with E-state index in [4.69, 9.17) is 19.9 Å². The van der Waals surface area contributed by atoms with Gasteiger partial charge in [0.25, 0.3) is 0 Å². The summed E-state index contributed by atoms with van der Waals surface area (Å²) >= 11 is 5.64. The lowest BCUT2D eigenvalue weighted by atomic mass is 9.93. The molecule has 0 amide bonds. The molecule has 0 unspecified atom stereocenters. The Labute approximate surface area is 161 Å². The summed E-state index contributed by atoms with van der Waals surface area (Å²) in [6.07, 6.45) is -9.87. The lowest BCUT2D eigenvalue weighted by Gasteiger charge is -2.40. The van der Waals surface area contributed by atoms with Crippen molar-refractivity contribution in [2.75, 3.05) is 13.2 Å². The van der Waals surface area contributed by atoms with Crippen LogP contribution in [0.3, 0.4) is 0 Å². The Balaban J connectivity index is 5.98. The van der Waals surface area contributed by atoms with Gasteiger partial charge >= 0.3 is 43.7 Å². The molecule has 0 saturated heterocycles. The van der Waals surface area contributed by atoms with Crippen LogP contribution in [-0.2, 0) is 8.85 Å². The zero-order chi connectivity index (χ0) is 23.7. The van der Waals surface area contributed by atoms with Crippen LogP contribution < -0.4 is 0 Å². The van der Waals surface area contributed by atoms with Gasteiger partial charge in [-0.1, -0.05) is 11.1 Å². The summed E-state index contributed by atoms with van der Waals surface area (Å²) in [7, 11) is -4.21. The van der Waals surface area contributed by atoms with Crippen LogP contribution in [0.4, 0.5) is 57.1 Å². The summed E-state index contributed by atoms with van der Waals surface area (Å²) in [5.74, 6) is -37.0. The standard InChI is InChI=1S/C12H14ClF13O2Si/c1-3-27-29(13,28-4-2)6-5-7(14,15)8(16,17)9(18,19)10(20,21)11(22,23)12(24,25)26/h3-6H2,1-2H3. The third kappa shape index (κ3) is 5.06. The molecule has 0 rings (SSSR count). The van der Waals surface area contributed by atoms with Crippen molar-refractivity contribution < 1.29 is 65.9 Å². The van der Waals surface area contributed by atoms with E-state index in [0.717, 1.165) is 0 Å². The Kier molecular flexibility index (Phi) is 8.43. The molecule has 29 heavy (non-hydrogen) atoms. The molecule has 176 valence electrons. The zero-order valence-electron chi connectivity index (χ0n) is 14.4. The second kappa shape index (κ2) is 8.57. The monoisotopic (exact) mass is 500 g/mol. The van der Waals surface area contributed by atoms with Gasteiger partial charge in [-0.15, -0.1) is 0 Å². The Morgan fingerprint density at radius 1 is 0.621 bits per heavy atom. The number of hydrogen-bond donors (Lipinski definition) is 0. The summed E-state index contributed by atoms with van der Waals surface area (Å²) in [5.41, 5.74) is 0. The maximum absolute atomic E-state index is 13.7. The van der Waals surface area contributed by atoms with Crippen molar-refractivity contribution in [1.29, 1.82) is 0 Å². The molecule has 0 bridgehead atoms. The van der Waals surface area contributed by atoms with Gasteiger partial charge in [0.2, 0.25) is 0 Å². The van der Waals surface area contributed by atoms with Crippen molar-refractivity contribution >= 4 is 18.9 Å². The highest BCUT2D eigenvalue weighted by atomic mass is 35.6. The van der Waals surface area contributed by atoms with E-state index < -0.39 is 56.1 Å². The first kappa shape index (κ1) is 28.5. The van der Waals surface area contributed by atoms with Crippen LogP contribution in [0, 0.1) is 0 Å². The SMILES string of the molecule is CCO[Si](Cl)(CCC(F)(F)C(F)(F)C(F)(F)C(F)(F)C(F)(F)C(F)(F)F)OCC. The van der Waals surface area contributed by atoms with E-state index in [-0.39, 0.29) is 13.2 Å². The van der Waals surface area contributed by atoms with Gasteiger partial charge in [0.15, 0.2) is 0 Å². The Morgan fingerprint density at radius 2 is 0.966 bits per heavy atom. The maximum Gasteiger partial charge on any atom is 0.460 e. The number of hydrogen-bond acceptors (Lipinski definition) is 2. The summed E-state index contributed by atoms with van der Waals surface area (Å²) in [6, 6.07) is -1.41. The first-order valence-corrected chi connectivity index (χ1v) is 10.5. The third-order valence-electron chi connectivity index (χ3n) is 3.46. The quantitative estimate of drug-likeness (QED) is 0.187. The van der Waals surface area contributed by atoms with Gasteiger partial charge in [0.1, 0.15) is 0 Å². The number of rotatable bonds is 11. The van der Waals surface area contributed by atoms with Gasteiger partial charge in [-0.2, -0.15) is 57.1 Å². The van der Waals surface area contributed by atoms with Gasteiger partial charge in [0, 0.05) is 25.7 Å². The predicted octanol–water partition coefficient (Wildman–Crippen LogP) is 6.37. The molecule has 0 aromatic rings. The van der Waals surface area contributed by atoms with Crippen molar-refractivity contribution in [3.8, 4) is 0 Å². The predicted molar refractivity (Wildman–Crippen MR) is 75.1 cm³/mol. The smallest absolute Gasteiger partial charge is 0.383 e. The molecular formula is C12H14ClF13O2Si. The Bertz CT molecular complexity index is 546. The molecule has 0 aromatic heterocycles. The minimum Gasteiger partial charge on any atom is -0.383 e. The van der Waals surface area contributed by atoms with E-state index in [1.807, 2.05) is 0 Å². The average Bonchev–Trinajstić information content (AvgIpc) is 2.52. The van der Waals surface area contributed by atoms with Crippen LogP contribution in [-0.4, -0.2) is 56.9 Å². The van der Waals surface area contributed by atoms with E-state index in [0.29, 0.717) is 0 Å². The lowest BCUT2D eigenvalue weighted by Crippen LogP contribution is -2.70. The Hall–Kier alpha value is -0.483. The molecule has 2 nitrogen and oxygen atoms in total. The van der Waals surface area contributed by atoms with E-state index >= 15 is 0 Å². The molecule has 0 heterocycles. The van der Waals surface area contributed by atoms with E-state index in [1.54, 1.807) is 0 Å². The first-order chi connectivity index (χ1) is 12.6. The topological polar surface area (TPSA) is 18.5 Å². The average molecular weight is 501 g/mol. The highest BCUT2D eigenvalue weighted by Crippen LogP contribution is 2.60. The molecule has 17 heteroatoms. The first-order valence-electron chi connectivity index (χ1n) is 7.50. The highest BCUT2D eigenvalue weighted by molar-refractivity contribution is 7.13. The van der Waals surface area contributed by atoms with Gasteiger partial charge < -0.3 is 8.85 Å². The number of alkyl halides is 13. The van der Waals surface area contributed by atoms with Gasteiger partial charge in [-0.05, 0) is 13.8 Å². The second-order valence-corrected chi connectivity index (χ2v) is 9.65. The Morgan fingerprint density at radius 3 is 1.28 bits per heavy atom. The van der Waals surface area contributed by atoms with Crippen LogP contribution in [0.5, 0.6) is 0 Å². The summed E-state index contributed by atoms with van der Waals surface area (Å²) in [4.78, 5) is 0. The summed E-state index contributed by atoms with van der Waals surface area (Å²) in [6.45, 7) is 1.88. The van der Waals surface area contributed by atoms with Crippen molar-refractivity contribution in [1.82, 2.24) is 0 Å². The molecule has 0 spiro atoms. The minimum atomic E-state index is -7.92. The second-order valence-electron chi connectivity index (χ2n) is 5.53. The molecule has 0 aromatic carbocycles. The summed E-state index contributed by atoms with van der Waals surface area (Å²) in [5, 5.41) is 0. The molecule has 0 N–H and O–H groups in total. The number of halogens is 14. The molecule has 0 atom stereocenters. The van der Waals surface area contributed by atoms with Crippen LogP contribution in [0.1, 0.15) is 20.3 Å². The van der Waals surface area contributed by atoms with E-state index in [2.05, 4.69) is 0 Å². The van der Waals surface area contributed by atoms with Crippen molar-refractivity contribution in [2.45, 2.75) is 62.1 Å². The van der Waals surface area contributed by atoms with Crippen LogP contribution >= 0.6 is 11.1 Å². The normalized spacial score (nSPS) is 15.7.